The van der Waals surface area contributed by atoms with Gasteiger partial charge in [-0.2, -0.15) is 13.2 Å². The summed E-state index contributed by atoms with van der Waals surface area (Å²) in [4.78, 5) is 4.43. The van der Waals surface area contributed by atoms with Crippen LogP contribution in [0.4, 0.5) is 13.2 Å². The standard InChI is InChI=1S/C16H18F3N/c1-9-11(3)20-12(4)10(2)15(9)13-7-5-6-8-14(13)16(17,18)19/h5-9,15H,1-4H3. The summed E-state index contributed by atoms with van der Waals surface area (Å²) in [6, 6.07) is 5.85. The smallest absolute Gasteiger partial charge is 0.263 e. The Labute approximate surface area is 117 Å². The molecule has 2 unspecified atom stereocenters. The molecule has 2 rings (SSSR count). The average molecular weight is 281 g/mol. The largest absolute Gasteiger partial charge is 0.416 e. The molecule has 0 fully saturated rings. The molecular weight excluding hydrogens is 263 g/mol. The Kier molecular flexibility index (Phi) is 3.76. The van der Waals surface area contributed by atoms with Crippen molar-refractivity contribution in [3.8, 4) is 0 Å². The van der Waals surface area contributed by atoms with Crippen LogP contribution in [0.15, 0.2) is 40.5 Å². The first-order valence-corrected chi connectivity index (χ1v) is 6.62. The molecule has 0 N–H and O–H groups in total. The quantitative estimate of drug-likeness (QED) is 0.671. The maximum atomic E-state index is 13.2. The van der Waals surface area contributed by atoms with E-state index in [-0.39, 0.29) is 11.8 Å². The first-order valence-electron chi connectivity index (χ1n) is 6.62. The van der Waals surface area contributed by atoms with E-state index in [1.807, 2.05) is 27.7 Å². The second kappa shape index (κ2) is 5.08. The molecule has 0 saturated carbocycles. The number of hydrogen-bond acceptors (Lipinski definition) is 1. The first-order chi connectivity index (χ1) is 9.23. The van der Waals surface area contributed by atoms with Gasteiger partial charge in [-0.25, -0.2) is 0 Å². The van der Waals surface area contributed by atoms with E-state index >= 15 is 0 Å². The van der Waals surface area contributed by atoms with Gasteiger partial charge in [-0.3, -0.25) is 4.99 Å². The Morgan fingerprint density at radius 2 is 1.65 bits per heavy atom. The number of allylic oxidation sites excluding steroid dienone is 2. The van der Waals surface area contributed by atoms with Crippen LogP contribution in [0.25, 0.3) is 0 Å². The van der Waals surface area contributed by atoms with Crippen molar-refractivity contribution >= 4 is 5.71 Å². The van der Waals surface area contributed by atoms with Gasteiger partial charge in [0.2, 0.25) is 0 Å². The zero-order chi connectivity index (χ0) is 15.1. The fourth-order valence-electron chi connectivity index (χ4n) is 2.82. The summed E-state index contributed by atoms with van der Waals surface area (Å²) >= 11 is 0. The lowest BCUT2D eigenvalue weighted by atomic mass is 9.76. The van der Waals surface area contributed by atoms with Crippen LogP contribution >= 0.6 is 0 Å². The predicted octanol–water partition coefficient (Wildman–Crippen LogP) is 5.19. The Hall–Kier alpha value is -1.58. The average Bonchev–Trinajstić information content (AvgIpc) is 2.36. The van der Waals surface area contributed by atoms with Gasteiger partial charge in [-0.05, 0) is 38.0 Å². The topological polar surface area (TPSA) is 12.4 Å². The van der Waals surface area contributed by atoms with Crippen molar-refractivity contribution in [3.63, 3.8) is 0 Å². The van der Waals surface area contributed by atoms with Crippen molar-refractivity contribution < 1.29 is 13.2 Å². The molecule has 108 valence electrons. The van der Waals surface area contributed by atoms with Gasteiger partial charge < -0.3 is 0 Å². The number of halogens is 3. The molecule has 1 nitrogen and oxygen atoms in total. The van der Waals surface area contributed by atoms with Crippen molar-refractivity contribution in [3.05, 3.63) is 46.7 Å². The Morgan fingerprint density at radius 3 is 2.25 bits per heavy atom. The number of aliphatic imine (C=N–C) groups is 1. The van der Waals surface area contributed by atoms with Crippen LogP contribution in [0.3, 0.4) is 0 Å². The lowest BCUT2D eigenvalue weighted by Crippen LogP contribution is -2.25. The summed E-state index contributed by atoms with van der Waals surface area (Å²) in [5.41, 5.74) is 2.43. The van der Waals surface area contributed by atoms with Crippen LogP contribution < -0.4 is 0 Å². The Bertz CT molecular complexity index is 582. The molecule has 20 heavy (non-hydrogen) atoms. The molecule has 0 aromatic heterocycles. The molecule has 0 radical (unpaired) electrons. The van der Waals surface area contributed by atoms with E-state index in [4.69, 9.17) is 0 Å². The van der Waals surface area contributed by atoms with Crippen LogP contribution in [-0.4, -0.2) is 5.71 Å². The van der Waals surface area contributed by atoms with Crippen LogP contribution in [-0.2, 0) is 6.18 Å². The van der Waals surface area contributed by atoms with Gasteiger partial charge in [0.15, 0.2) is 0 Å². The number of hydrogen-bond donors (Lipinski definition) is 0. The minimum Gasteiger partial charge on any atom is -0.263 e. The third-order valence-electron chi connectivity index (χ3n) is 4.14. The summed E-state index contributed by atoms with van der Waals surface area (Å²) in [5, 5.41) is 0. The summed E-state index contributed by atoms with van der Waals surface area (Å²) < 4.78 is 39.6. The van der Waals surface area contributed by atoms with Crippen molar-refractivity contribution in [2.45, 2.75) is 39.8 Å². The first kappa shape index (κ1) is 14.8. The Balaban J connectivity index is 2.60. The molecule has 0 saturated heterocycles. The molecule has 1 aliphatic rings. The van der Waals surface area contributed by atoms with Crippen LogP contribution in [0.1, 0.15) is 44.7 Å². The minimum atomic E-state index is -4.33. The van der Waals surface area contributed by atoms with Crippen molar-refractivity contribution in [2.24, 2.45) is 10.9 Å². The normalized spacial score (nSPS) is 23.9. The van der Waals surface area contributed by atoms with Crippen LogP contribution in [0.2, 0.25) is 0 Å². The van der Waals surface area contributed by atoms with Gasteiger partial charge in [-0.15, -0.1) is 0 Å². The van der Waals surface area contributed by atoms with Gasteiger partial charge in [0.05, 0.1) is 5.56 Å². The summed E-state index contributed by atoms with van der Waals surface area (Å²) in [6.07, 6.45) is -4.33. The summed E-state index contributed by atoms with van der Waals surface area (Å²) in [7, 11) is 0. The van der Waals surface area contributed by atoms with Gasteiger partial charge in [-0.1, -0.05) is 25.1 Å². The zero-order valence-electron chi connectivity index (χ0n) is 12.0. The van der Waals surface area contributed by atoms with Gasteiger partial charge in [0.1, 0.15) is 0 Å². The van der Waals surface area contributed by atoms with Gasteiger partial charge >= 0.3 is 6.18 Å². The van der Waals surface area contributed by atoms with Crippen LogP contribution in [0, 0.1) is 5.92 Å². The molecule has 0 aliphatic carbocycles. The number of rotatable bonds is 1. The van der Waals surface area contributed by atoms with E-state index in [1.165, 1.54) is 6.07 Å². The minimum absolute atomic E-state index is 0.0257. The van der Waals surface area contributed by atoms with E-state index in [1.54, 1.807) is 12.1 Å². The fraction of sp³-hybridized carbons (Fsp3) is 0.438. The van der Waals surface area contributed by atoms with E-state index < -0.39 is 11.7 Å². The summed E-state index contributed by atoms with van der Waals surface area (Å²) in [5.74, 6) is -0.285. The highest BCUT2D eigenvalue weighted by molar-refractivity contribution is 5.87. The maximum Gasteiger partial charge on any atom is 0.416 e. The third-order valence-corrected chi connectivity index (χ3v) is 4.14. The lowest BCUT2D eigenvalue weighted by Gasteiger charge is -2.32. The molecular formula is C16H18F3N. The predicted molar refractivity (Wildman–Crippen MR) is 74.8 cm³/mol. The van der Waals surface area contributed by atoms with E-state index in [9.17, 15) is 13.2 Å². The number of nitrogens with zero attached hydrogens (tertiary/aromatic N) is 1. The van der Waals surface area contributed by atoms with Crippen molar-refractivity contribution in [1.82, 2.24) is 0 Å². The molecule has 4 heteroatoms. The maximum absolute atomic E-state index is 13.2. The molecule has 1 aliphatic heterocycles. The lowest BCUT2D eigenvalue weighted by molar-refractivity contribution is -0.138. The highest BCUT2D eigenvalue weighted by Gasteiger charge is 2.38. The number of benzene rings is 1. The molecule has 1 heterocycles. The third kappa shape index (κ3) is 2.51. The fourth-order valence-corrected chi connectivity index (χ4v) is 2.82. The highest BCUT2D eigenvalue weighted by atomic mass is 19.4. The molecule has 2 atom stereocenters. The van der Waals surface area contributed by atoms with Crippen molar-refractivity contribution in [2.75, 3.05) is 0 Å². The Morgan fingerprint density at radius 1 is 1.05 bits per heavy atom. The highest BCUT2D eigenvalue weighted by Crippen LogP contribution is 2.43. The second-order valence-corrected chi connectivity index (χ2v) is 5.37. The SMILES string of the molecule is CC1=NC(C)=C(C)C(c2ccccc2C(F)(F)F)C1C. The molecule has 0 bridgehead atoms. The van der Waals surface area contributed by atoms with Gasteiger partial charge in [0, 0.05) is 23.2 Å². The van der Waals surface area contributed by atoms with E-state index in [0.29, 0.717) is 5.56 Å². The van der Waals surface area contributed by atoms with Crippen LogP contribution in [0.5, 0.6) is 0 Å². The zero-order valence-corrected chi connectivity index (χ0v) is 12.0. The second-order valence-electron chi connectivity index (χ2n) is 5.37. The molecule has 1 aromatic rings. The van der Waals surface area contributed by atoms with E-state index in [0.717, 1.165) is 23.0 Å². The summed E-state index contributed by atoms with van der Waals surface area (Å²) in [6.45, 7) is 7.55. The molecule has 0 amide bonds. The van der Waals surface area contributed by atoms with Crippen molar-refractivity contribution in [1.29, 1.82) is 0 Å². The molecule has 0 spiro atoms. The monoisotopic (exact) mass is 281 g/mol. The van der Waals surface area contributed by atoms with Gasteiger partial charge in [0.25, 0.3) is 0 Å². The van der Waals surface area contributed by atoms with E-state index in [2.05, 4.69) is 4.99 Å². The number of alkyl halides is 3. The molecule has 1 aromatic carbocycles.